The number of rotatable bonds is 4. The Bertz CT molecular complexity index is 803. The molecular weight excluding hydrogens is 318 g/mol. The summed E-state index contributed by atoms with van der Waals surface area (Å²) in [4.78, 5) is 12.3. The average Bonchev–Trinajstić information content (AvgIpc) is 2.91. The lowest BCUT2D eigenvalue weighted by atomic mass is 9.97. The van der Waals surface area contributed by atoms with Gasteiger partial charge in [0.1, 0.15) is 5.56 Å². The van der Waals surface area contributed by atoms with Crippen molar-refractivity contribution in [3.63, 3.8) is 0 Å². The number of anilines is 1. The van der Waals surface area contributed by atoms with Crippen LogP contribution >= 0.6 is 0 Å². The number of nitrogens with zero attached hydrogens (tertiary/aromatic N) is 1. The van der Waals surface area contributed by atoms with Gasteiger partial charge in [-0.05, 0) is 23.8 Å². The average molecular weight is 332 g/mol. The summed E-state index contributed by atoms with van der Waals surface area (Å²) < 4.78 is 15.7. The lowest BCUT2D eigenvalue weighted by molar-refractivity contribution is -0.270. The quantitative estimate of drug-likeness (QED) is 0.642. The summed E-state index contributed by atoms with van der Waals surface area (Å²) in [5, 5.41) is 30.3. The normalized spacial score (nSPS) is 15.7. The Morgan fingerprint density at radius 2 is 1.88 bits per heavy atom. The maximum absolute atomic E-state index is 12.3. The van der Waals surface area contributed by atoms with Crippen LogP contribution in [0.5, 0.6) is 17.2 Å². The fourth-order valence-corrected chi connectivity index (χ4v) is 2.70. The molecule has 0 aliphatic carbocycles. The molecule has 8 heteroatoms. The second-order valence-corrected chi connectivity index (χ2v) is 5.06. The van der Waals surface area contributed by atoms with E-state index < -0.39 is 17.8 Å². The molecule has 1 aliphatic heterocycles. The van der Waals surface area contributed by atoms with Crippen LogP contribution in [0.3, 0.4) is 0 Å². The highest BCUT2D eigenvalue weighted by Crippen LogP contribution is 2.46. The third kappa shape index (κ3) is 2.38. The van der Waals surface area contributed by atoms with Crippen LogP contribution < -0.4 is 19.8 Å². The molecular formula is C16H14NO7-. The van der Waals surface area contributed by atoms with Crippen LogP contribution in [0.4, 0.5) is 5.69 Å². The highest BCUT2D eigenvalue weighted by Gasteiger charge is 2.37. The molecule has 0 unspecified atom stereocenters. The van der Waals surface area contributed by atoms with Crippen LogP contribution in [0.1, 0.15) is 27.6 Å². The van der Waals surface area contributed by atoms with Crippen LogP contribution in [-0.2, 0) is 4.74 Å². The van der Waals surface area contributed by atoms with Crippen molar-refractivity contribution in [2.75, 3.05) is 19.4 Å². The van der Waals surface area contributed by atoms with Crippen molar-refractivity contribution in [1.82, 2.24) is 0 Å². The van der Waals surface area contributed by atoms with Gasteiger partial charge in [-0.25, -0.2) is 4.79 Å². The molecule has 2 aromatic rings. The van der Waals surface area contributed by atoms with Gasteiger partial charge in [0.25, 0.3) is 0 Å². The van der Waals surface area contributed by atoms with Crippen molar-refractivity contribution in [2.24, 2.45) is 0 Å². The first-order chi connectivity index (χ1) is 11.5. The molecule has 126 valence electrons. The van der Waals surface area contributed by atoms with Gasteiger partial charge in [-0.3, -0.25) is 10.4 Å². The minimum atomic E-state index is -0.972. The summed E-state index contributed by atoms with van der Waals surface area (Å²) in [7, 11) is 2.84. The van der Waals surface area contributed by atoms with Gasteiger partial charge in [-0.2, -0.15) is 0 Å². The second-order valence-electron chi connectivity index (χ2n) is 5.06. The Kier molecular flexibility index (Phi) is 3.92. The maximum atomic E-state index is 12.3. The van der Waals surface area contributed by atoms with Crippen molar-refractivity contribution in [2.45, 2.75) is 6.10 Å². The van der Waals surface area contributed by atoms with Crippen molar-refractivity contribution in [1.29, 1.82) is 0 Å². The highest BCUT2D eigenvalue weighted by atomic mass is 16.8. The van der Waals surface area contributed by atoms with Gasteiger partial charge in [0, 0.05) is 5.56 Å². The molecule has 2 aromatic carbocycles. The first-order valence-corrected chi connectivity index (χ1v) is 6.92. The summed E-state index contributed by atoms with van der Waals surface area (Å²) in [6.07, 6.45) is -0.972. The third-order valence-electron chi connectivity index (χ3n) is 3.80. The molecule has 2 N–H and O–H groups in total. The van der Waals surface area contributed by atoms with E-state index in [2.05, 4.69) is 0 Å². The molecule has 0 saturated heterocycles. The fourth-order valence-electron chi connectivity index (χ4n) is 2.70. The van der Waals surface area contributed by atoms with E-state index in [1.165, 1.54) is 26.4 Å². The SMILES string of the molecule is COc1ccc2c(c1OC)C(=O)O[C@@H]2c1cc(N(O)O)ccc1[O-]. The molecule has 0 bridgehead atoms. The van der Waals surface area contributed by atoms with Crippen LogP contribution in [0.2, 0.25) is 0 Å². The number of benzene rings is 2. The predicted molar refractivity (Wildman–Crippen MR) is 78.7 cm³/mol. The fraction of sp³-hybridized carbons (Fsp3) is 0.188. The standard InChI is InChI=1S/C16H15NO7/c1-22-12-6-4-9-13(15(12)23-2)16(19)24-14(9)10-7-8(17(20)21)3-5-11(10)18/h3-7,14,18,20-21H,1-2H3/p-1/t14-/m0/s1. The zero-order valence-electron chi connectivity index (χ0n) is 12.8. The largest absolute Gasteiger partial charge is 0.872 e. The minimum Gasteiger partial charge on any atom is -0.872 e. The van der Waals surface area contributed by atoms with E-state index >= 15 is 0 Å². The van der Waals surface area contributed by atoms with E-state index in [0.717, 1.165) is 6.07 Å². The van der Waals surface area contributed by atoms with E-state index in [9.17, 15) is 9.90 Å². The Labute approximate surface area is 136 Å². The van der Waals surface area contributed by atoms with Crippen molar-refractivity contribution in [3.8, 4) is 17.2 Å². The number of carbonyl (C=O) groups is 1. The summed E-state index contributed by atoms with van der Waals surface area (Å²) in [6, 6.07) is 6.85. The number of hydrogen-bond acceptors (Lipinski definition) is 8. The Hall–Kier alpha value is -2.97. The van der Waals surface area contributed by atoms with E-state index in [-0.39, 0.29) is 27.8 Å². The van der Waals surface area contributed by atoms with Gasteiger partial charge in [0.05, 0.1) is 19.9 Å². The van der Waals surface area contributed by atoms with Crippen molar-refractivity contribution in [3.05, 3.63) is 47.0 Å². The number of cyclic esters (lactones) is 1. The summed E-state index contributed by atoms with van der Waals surface area (Å²) in [5.41, 5.74) is 0.681. The second kappa shape index (κ2) is 5.91. The van der Waals surface area contributed by atoms with Crippen LogP contribution in [0.15, 0.2) is 30.3 Å². The van der Waals surface area contributed by atoms with Crippen LogP contribution in [0.25, 0.3) is 0 Å². The molecule has 24 heavy (non-hydrogen) atoms. The van der Waals surface area contributed by atoms with Gasteiger partial charge in [-0.1, -0.05) is 12.1 Å². The number of fused-ring (bicyclic) bond motifs is 1. The zero-order valence-corrected chi connectivity index (χ0v) is 12.8. The molecule has 1 atom stereocenters. The Morgan fingerprint density at radius 1 is 1.12 bits per heavy atom. The number of carbonyl (C=O) groups excluding carboxylic acids is 1. The van der Waals surface area contributed by atoms with Crippen LogP contribution in [0, 0.1) is 0 Å². The van der Waals surface area contributed by atoms with Gasteiger partial charge >= 0.3 is 5.97 Å². The summed E-state index contributed by atoms with van der Waals surface area (Å²) in [5.74, 6) is -0.472. The maximum Gasteiger partial charge on any atom is 0.343 e. The topological polar surface area (TPSA) is 112 Å². The molecule has 0 radical (unpaired) electrons. The van der Waals surface area contributed by atoms with E-state index in [0.29, 0.717) is 11.3 Å². The van der Waals surface area contributed by atoms with Crippen LogP contribution in [-0.4, -0.2) is 30.6 Å². The van der Waals surface area contributed by atoms with E-state index in [1.807, 2.05) is 0 Å². The molecule has 1 aliphatic rings. The van der Waals surface area contributed by atoms with Crippen molar-refractivity contribution >= 4 is 11.7 Å². The first kappa shape index (κ1) is 15.9. The molecule has 0 fully saturated rings. The number of hydrogen-bond donors (Lipinski definition) is 2. The predicted octanol–water partition coefficient (Wildman–Crippen LogP) is 1.62. The molecule has 0 amide bonds. The highest BCUT2D eigenvalue weighted by molar-refractivity contribution is 5.98. The van der Waals surface area contributed by atoms with Gasteiger partial charge in [0.2, 0.25) is 0 Å². The summed E-state index contributed by atoms with van der Waals surface area (Å²) >= 11 is 0. The van der Waals surface area contributed by atoms with Crippen molar-refractivity contribution < 1.29 is 34.5 Å². The Morgan fingerprint density at radius 3 is 2.50 bits per heavy atom. The minimum absolute atomic E-state index is 0.0328. The monoisotopic (exact) mass is 332 g/mol. The van der Waals surface area contributed by atoms with Gasteiger partial charge in [-0.15, -0.1) is 11.0 Å². The lowest BCUT2D eigenvalue weighted by Gasteiger charge is -2.21. The van der Waals surface area contributed by atoms with Gasteiger partial charge < -0.3 is 19.3 Å². The Balaban J connectivity index is 2.16. The molecule has 0 spiro atoms. The number of methoxy groups -OCH3 is 2. The van der Waals surface area contributed by atoms with E-state index in [1.54, 1.807) is 12.1 Å². The zero-order chi connectivity index (χ0) is 17.4. The molecule has 8 nitrogen and oxygen atoms in total. The number of esters is 1. The molecule has 3 rings (SSSR count). The molecule has 1 heterocycles. The number of ether oxygens (including phenoxy) is 3. The lowest BCUT2D eigenvalue weighted by Crippen LogP contribution is -2.13. The van der Waals surface area contributed by atoms with Gasteiger partial charge in [0.15, 0.2) is 17.6 Å². The molecule has 0 aromatic heterocycles. The smallest absolute Gasteiger partial charge is 0.343 e. The first-order valence-electron chi connectivity index (χ1n) is 6.92. The molecule has 0 saturated carbocycles. The van der Waals surface area contributed by atoms with E-state index in [4.69, 9.17) is 24.6 Å². The summed E-state index contributed by atoms with van der Waals surface area (Å²) in [6.45, 7) is 0. The third-order valence-corrected chi connectivity index (χ3v) is 3.80.